The van der Waals surface area contributed by atoms with Gasteiger partial charge in [0.05, 0.1) is 40.1 Å². The van der Waals surface area contributed by atoms with Gasteiger partial charge in [-0.15, -0.1) is 0 Å². The lowest BCUT2D eigenvalue weighted by Gasteiger charge is -2.15. The summed E-state index contributed by atoms with van der Waals surface area (Å²) in [5.41, 5.74) is 3.79. The zero-order valence-corrected chi connectivity index (χ0v) is 16.2. The highest BCUT2D eigenvalue weighted by atomic mass is 16.2. The van der Waals surface area contributed by atoms with Crippen LogP contribution in [0.1, 0.15) is 65.2 Å². The molecule has 4 rings (SSSR count). The number of aromatic nitrogens is 2. The molecule has 1 aliphatic carbocycles. The Morgan fingerprint density at radius 2 is 1.50 bits per heavy atom. The molecule has 6 heteroatoms. The van der Waals surface area contributed by atoms with Crippen LogP contribution in [-0.4, -0.2) is 39.0 Å². The molecular weight excluding hydrogens is 354 g/mol. The van der Waals surface area contributed by atoms with E-state index in [1.165, 1.54) is 0 Å². The number of carbonyl (C=O) groups is 3. The number of rotatable bonds is 4. The summed E-state index contributed by atoms with van der Waals surface area (Å²) < 4.78 is 0. The SMILES string of the molecule is CCC(C)C(=O)CN1C(=O)c2cc3nc4c(nc3cc2C1=O)CC/C=C/CC4. The Kier molecular flexibility index (Phi) is 4.79. The number of Topliss-reactive ketones (excluding diaryl/α,β-unsaturated/α-hetero) is 1. The number of imide groups is 1. The second-order valence-electron chi connectivity index (χ2n) is 7.52. The third kappa shape index (κ3) is 3.13. The van der Waals surface area contributed by atoms with E-state index in [-0.39, 0.29) is 18.2 Å². The van der Waals surface area contributed by atoms with Gasteiger partial charge in [0.2, 0.25) is 0 Å². The molecule has 2 amide bonds. The first-order valence-electron chi connectivity index (χ1n) is 9.87. The fraction of sp³-hybridized carbons (Fsp3) is 0.409. The summed E-state index contributed by atoms with van der Waals surface area (Å²) in [6, 6.07) is 3.31. The highest BCUT2D eigenvalue weighted by molar-refractivity contribution is 6.23. The van der Waals surface area contributed by atoms with E-state index in [1.807, 2.05) is 13.8 Å². The summed E-state index contributed by atoms with van der Waals surface area (Å²) in [4.78, 5) is 48.4. The van der Waals surface area contributed by atoms with Gasteiger partial charge in [-0.1, -0.05) is 26.0 Å². The topological polar surface area (TPSA) is 80.2 Å². The van der Waals surface area contributed by atoms with Gasteiger partial charge < -0.3 is 0 Å². The molecule has 6 nitrogen and oxygen atoms in total. The highest BCUT2D eigenvalue weighted by Crippen LogP contribution is 2.28. The molecule has 2 aliphatic rings. The number of nitrogens with zero attached hydrogens (tertiary/aromatic N) is 3. The van der Waals surface area contributed by atoms with Crippen LogP contribution in [0.5, 0.6) is 0 Å². The maximum atomic E-state index is 12.8. The molecule has 0 fully saturated rings. The van der Waals surface area contributed by atoms with Gasteiger partial charge in [0.15, 0.2) is 5.78 Å². The molecule has 28 heavy (non-hydrogen) atoms. The Bertz CT molecular complexity index is 957. The van der Waals surface area contributed by atoms with Gasteiger partial charge in [0.25, 0.3) is 11.8 Å². The van der Waals surface area contributed by atoms with Crippen LogP contribution < -0.4 is 0 Å². The Hall–Kier alpha value is -2.89. The maximum absolute atomic E-state index is 12.8. The summed E-state index contributed by atoms with van der Waals surface area (Å²) in [6.45, 7) is 3.55. The molecule has 0 N–H and O–H groups in total. The zero-order valence-electron chi connectivity index (χ0n) is 16.2. The van der Waals surface area contributed by atoms with Crippen molar-refractivity contribution < 1.29 is 14.4 Å². The summed E-state index contributed by atoms with van der Waals surface area (Å²) in [6.07, 6.45) is 8.46. The molecule has 0 radical (unpaired) electrons. The van der Waals surface area contributed by atoms with Crippen molar-refractivity contribution in [2.75, 3.05) is 6.54 Å². The molecule has 1 aliphatic heterocycles. The molecule has 1 unspecified atom stereocenters. The van der Waals surface area contributed by atoms with Crippen LogP contribution in [0, 0.1) is 5.92 Å². The summed E-state index contributed by atoms with van der Waals surface area (Å²) in [7, 11) is 0. The number of hydrogen-bond donors (Lipinski definition) is 0. The van der Waals surface area contributed by atoms with Gasteiger partial charge in [-0.3, -0.25) is 19.3 Å². The van der Waals surface area contributed by atoms with E-state index in [9.17, 15) is 14.4 Å². The van der Waals surface area contributed by atoms with E-state index in [4.69, 9.17) is 9.97 Å². The molecule has 2 heterocycles. The van der Waals surface area contributed by atoms with E-state index in [2.05, 4.69) is 12.2 Å². The third-order valence-corrected chi connectivity index (χ3v) is 5.65. The predicted octanol–water partition coefficient (Wildman–Crippen LogP) is 3.28. The number of allylic oxidation sites excluding steroid dienone is 2. The van der Waals surface area contributed by atoms with E-state index < -0.39 is 11.8 Å². The molecule has 0 saturated heterocycles. The largest absolute Gasteiger partial charge is 0.297 e. The van der Waals surface area contributed by atoms with Crippen molar-refractivity contribution in [3.05, 3.63) is 46.8 Å². The summed E-state index contributed by atoms with van der Waals surface area (Å²) >= 11 is 0. The quantitative estimate of drug-likeness (QED) is 0.603. The summed E-state index contributed by atoms with van der Waals surface area (Å²) in [5, 5.41) is 0. The van der Waals surface area contributed by atoms with Crippen LogP contribution in [0.3, 0.4) is 0 Å². The van der Waals surface area contributed by atoms with Crippen molar-refractivity contribution >= 4 is 28.6 Å². The van der Waals surface area contributed by atoms with E-state index in [0.29, 0.717) is 28.6 Å². The average molecular weight is 377 g/mol. The lowest BCUT2D eigenvalue weighted by molar-refractivity contribution is -0.122. The van der Waals surface area contributed by atoms with Crippen LogP contribution >= 0.6 is 0 Å². The molecule has 0 spiro atoms. The van der Waals surface area contributed by atoms with Crippen LogP contribution in [0.4, 0.5) is 0 Å². The minimum Gasteiger partial charge on any atom is -0.297 e. The van der Waals surface area contributed by atoms with Gasteiger partial charge in [-0.05, 0) is 44.2 Å². The molecule has 1 aromatic carbocycles. The molecule has 2 aromatic rings. The van der Waals surface area contributed by atoms with Crippen molar-refractivity contribution in [3.63, 3.8) is 0 Å². The Morgan fingerprint density at radius 1 is 1.00 bits per heavy atom. The lowest BCUT2D eigenvalue weighted by atomic mass is 10.0. The normalized spacial score (nSPS) is 18.4. The maximum Gasteiger partial charge on any atom is 0.262 e. The molecule has 1 atom stereocenters. The Morgan fingerprint density at radius 3 is 1.96 bits per heavy atom. The predicted molar refractivity (Wildman–Crippen MR) is 105 cm³/mol. The van der Waals surface area contributed by atoms with Crippen LogP contribution in [0.2, 0.25) is 0 Å². The van der Waals surface area contributed by atoms with E-state index in [1.54, 1.807) is 12.1 Å². The lowest BCUT2D eigenvalue weighted by Crippen LogP contribution is -2.36. The molecule has 0 saturated carbocycles. The minimum absolute atomic E-state index is 0.103. The number of hydrogen-bond acceptors (Lipinski definition) is 5. The van der Waals surface area contributed by atoms with Crippen LogP contribution in [-0.2, 0) is 17.6 Å². The van der Waals surface area contributed by atoms with Gasteiger partial charge in [-0.2, -0.15) is 0 Å². The standard InChI is InChI=1S/C22H23N3O3/c1-3-13(2)20(26)12-25-21(27)14-10-18-19(11-15(14)22(25)28)24-17-9-7-5-4-6-8-16(17)23-18/h4-5,10-11,13H,3,6-9,12H2,1-2H3/b5-4+. The molecule has 144 valence electrons. The highest BCUT2D eigenvalue weighted by Gasteiger charge is 2.37. The Balaban J connectivity index is 1.72. The monoisotopic (exact) mass is 377 g/mol. The first kappa shape index (κ1) is 18.5. The number of ketones is 1. The van der Waals surface area contributed by atoms with Crippen molar-refractivity contribution in [1.82, 2.24) is 14.9 Å². The molecule has 0 bridgehead atoms. The van der Waals surface area contributed by atoms with Crippen LogP contribution in [0.25, 0.3) is 11.0 Å². The summed E-state index contributed by atoms with van der Waals surface area (Å²) in [5.74, 6) is -1.13. The van der Waals surface area contributed by atoms with E-state index in [0.717, 1.165) is 42.0 Å². The van der Waals surface area contributed by atoms with Crippen LogP contribution in [0.15, 0.2) is 24.3 Å². The number of carbonyl (C=O) groups excluding carboxylic acids is 3. The first-order valence-corrected chi connectivity index (χ1v) is 9.87. The Labute approximate surface area is 163 Å². The molecular formula is C22H23N3O3. The van der Waals surface area contributed by atoms with Crippen molar-refractivity contribution in [2.45, 2.75) is 46.0 Å². The van der Waals surface area contributed by atoms with Gasteiger partial charge in [0.1, 0.15) is 0 Å². The first-order chi connectivity index (χ1) is 13.5. The van der Waals surface area contributed by atoms with Gasteiger partial charge in [-0.25, -0.2) is 9.97 Å². The minimum atomic E-state index is -0.421. The number of fused-ring (bicyclic) bond motifs is 3. The zero-order chi connectivity index (χ0) is 19.8. The number of amides is 2. The van der Waals surface area contributed by atoms with Gasteiger partial charge >= 0.3 is 0 Å². The van der Waals surface area contributed by atoms with Crippen molar-refractivity contribution in [1.29, 1.82) is 0 Å². The number of aryl methyl sites for hydroxylation is 2. The second-order valence-corrected chi connectivity index (χ2v) is 7.52. The number of benzene rings is 1. The smallest absolute Gasteiger partial charge is 0.262 e. The third-order valence-electron chi connectivity index (χ3n) is 5.65. The van der Waals surface area contributed by atoms with Crippen molar-refractivity contribution in [2.24, 2.45) is 5.92 Å². The van der Waals surface area contributed by atoms with E-state index >= 15 is 0 Å². The average Bonchev–Trinajstić information content (AvgIpc) is 2.90. The fourth-order valence-electron chi connectivity index (χ4n) is 3.67. The molecule has 1 aromatic heterocycles. The van der Waals surface area contributed by atoms with Gasteiger partial charge in [0, 0.05) is 5.92 Å². The fourth-order valence-corrected chi connectivity index (χ4v) is 3.67. The second kappa shape index (κ2) is 7.26. The van der Waals surface area contributed by atoms with Crippen molar-refractivity contribution in [3.8, 4) is 0 Å².